The third-order valence-corrected chi connectivity index (χ3v) is 5.80. The number of rotatable bonds is 1. The fourth-order valence-electron chi connectivity index (χ4n) is 4.60. The maximum atomic E-state index is 10.5. The lowest BCUT2D eigenvalue weighted by atomic mass is 9.72. The van der Waals surface area contributed by atoms with E-state index < -0.39 is 5.79 Å². The van der Waals surface area contributed by atoms with Crippen LogP contribution in [0.25, 0.3) is 11.1 Å². The Bertz CT molecular complexity index is 773. The second-order valence-corrected chi connectivity index (χ2v) is 8.05. The van der Waals surface area contributed by atoms with Gasteiger partial charge in [-0.15, -0.1) is 0 Å². The number of hydrogen-bond donors (Lipinski definition) is 2. The minimum Gasteiger partial charge on any atom is -0.507 e. The third-order valence-electron chi connectivity index (χ3n) is 5.80. The van der Waals surface area contributed by atoms with E-state index in [4.69, 9.17) is 9.47 Å². The van der Waals surface area contributed by atoms with Crippen molar-refractivity contribution in [3.63, 3.8) is 0 Å². The molecule has 0 amide bonds. The first-order chi connectivity index (χ1) is 12.4. The maximum Gasteiger partial charge on any atom is 0.254 e. The summed E-state index contributed by atoms with van der Waals surface area (Å²) >= 11 is 0. The summed E-state index contributed by atoms with van der Waals surface area (Å²) in [5, 5.41) is 21.0. The lowest BCUT2D eigenvalue weighted by Gasteiger charge is -2.46. The molecular weight excluding hydrogens is 328 g/mol. The second kappa shape index (κ2) is 6.11. The highest BCUT2D eigenvalue weighted by molar-refractivity contribution is 5.85. The van der Waals surface area contributed by atoms with E-state index in [-0.39, 0.29) is 17.4 Å². The lowest BCUT2D eigenvalue weighted by Crippen LogP contribution is -2.54. The van der Waals surface area contributed by atoms with E-state index in [1.54, 1.807) is 24.3 Å². The smallest absolute Gasteiger partial charge is 0.254 e. The Morgan fingerprint density at radius 3 is 1.96 bits per heavy atom. The van der Waals surface area contributed by atoms with Crippen LogP contribution in [-0.4, -0.2) is 16.0 Å². The Morgan fingerprint density at radius 1 is 0.923 bits per heavy atom. The van der Waals surface area contributed by atoms with Crippen LogP contribution in [0, 0.1) is 17.8 Å². The van der Waals surface area contributed by atoms with Crippen LogP contribution in [0.1, 0.15) is 40.0 Å². The van der Waals surface area contributed by atoms with E-state index in [0.29, 0.717) is 34.5 Å². The normalized spacial score (nSPS) is 23.5. The fourth-order valence-corrected chi connectivity index (χ4v) is 4.60. The van der Waals surface area contributed by atoms with Crippen LogP contribution in [0.5, 0.6) is 23.0 Å². The van der Waals surface area contributed by atoms with Gasteiger partial charge in [-0.05, 0) is 48.9 Å². The van der Waals surface area contributed by atoms with Gasteiger partial charge in [0.1, 0.15) is 23.0 Å². The van der Waals surface area contributed by atoms with Crippen molar-refractivity contribution >= 4 is 0 Å². The van der Waals surface area contributed by atoms with Gasteiger partial charge in [0.2, 0.25) is 0 Å². The molecule has 1 saturated carbocycles. The molecule has 26 heavy (non-hydrogen) atoms. The van der Waals surface area contributed by atoms with E-state index >= 15 is 0 Å². The summed E-state index contributed by atoms with van der Waals surface area (Å²) in [6.07, 6.45) is 2.96. The van der Waals surface area contributed by atoms with Crippen molar-refractivity contribution in [2.24, 2.45) is 17.8 Å². The molecule has 1 fully saturated rings. The molecule has 2 atom stereocenters. The highest BCUT2D eigenvalue weighted by Gasteiger charge is 2.51. The van der Waals surface area contributed by atoms with Crippen molar-refractivity contribution in [3.8, 4) is 34.1 Å². The Morgan fingerprint density at radius 2 is 1.46 bits per heavy atom. The van der Waals surface area contributed by atoms with E-state index in [1.807, 2.05) is 12.1 Å². The zero-order chi connectivity index (χ0) is 18.5. The van der Waals surface area contributed by atoms with Crippen LogP contribution >= 0.6 is 0 Å². The fraction of sp³-hybridized carbons (Fsp3) is 0.455. The number of hydrogen-bond acceptors (Lipinski definition) is 4. The number of phenolic OH excluding ortho intramolecular Hbond substituents is 2. The molecule has 2 aromatic rings. The van der Waals surface area contributed by atoms with Crippen molar-refractivity contribution in [2.45, 2.75) is 45.8 Å². The van der Waals surface area contributed by atoms with E-state index in [9.17, 15) is 10.2 Å². The zero-order valence-corrected chi connectivity index (χ0v) is 15.5. The van der Waals surface area contributed by atoms with Gasteiger partial charge < -0.3 is 19.7 Å². The van der Waals surface area contributed by atoms with Crippen LogP contribution < -0.4 is 9.47 Å². The lowest BCUT2D eigenvalue weighted by molar-refractivity contribution is -0.194. The third kappa shape index (κ3) is 2.59. The first-order valence-corrected chi connectivity index (χ1v) is 9.43. The molecule has 0 saturated heterocycles. The monoisotopic (exact) mass is 354 g/mol. The number of benzene rings is 2. The minimum atomic E-state index is -0.798. The summed E-state index contributed by atoms with van der Waals surface area (Å²) < 4.78 is 13.1. The zero-order valence-electron chi connectivity index (χ0n) is 15.5. The van der Waals surface area contributed by atoms with Crippen LogP contribution in [0.3, 0.4) is 0 Å². The Kier molecular flexibility index (Phi) is 4.02. The molecule has 1 heterocycles. The SMILES string of the molecule is CC(C)[C@@H]1CC[C@@H](C)CC12Oc1cccc(O)c1-c1c(O)cccc1O2. The molecule has 0 aromatic heterocycles. The molecule has 2 aliphatic rings. The van der Waals surface area contributed by atoms with Gasteiger partial charge in [0.15, 0.2) is 0 Å². The van der Waals surface area contributed by atoms with E-state index in [0.717, 1.165) is 19.3 Å². The molecule has 2 N–H and O–H groups in total. The van der Waals surface area contributed by atoms with Gasteiger partial charge in [-0.3, -0.25) is 0 Å². The van der Waals surface area contributed by atoms with Gasteiger partial charge >= 0.3 is 0 Å². The average molecular weight is 354 g/mol. The molecule has 1 aliphatic heterocycles. The molecule has 4 rings (SSSR count). The van der Waals surface area contributed by atoms with E-state index in [2.05, 4.69) is 20.8 Å². The molecule has 0 bridgehead atoms. The number of fused-ring (bicyclic) bond motifs is 3. The summed E-state index contributed by atoms with van der Waals surface area (Å²) in [6, 6.07) is 10.4. The molecule has 0 radical (unpaired) electrons. The molecule has 4 nitrogen and oxygen atoms in total. The van der Waals surface area contributed by atoms with Gasteiger partial charge in [0, 0.05) is 12.3 Å². The van der Waals surface area contributed by atoms with Gasteiger partial charge in [0.25, 0.3) is 5.79 Å². The topological polar surface area (TPSA) is 58.9 Å². The van der Waals surface area contributed by atoms with Crippen molar-refractivity contribution in [2.75, 3.05) is 0 Å². The largest absolute Gasteiger partial charge is 0.507 e. The van der Waals surface area contributed by atoms with Crippen LogP contribution in [0.4, 0.5) is 0 Å². The summed E-state index contributed by atoms with van der Waals surface area (Å²) in [5.74, 6) is 1.57. The van der Waals surface area contributed by atoms with Crippen molar-refractivity contribution in [3.05, 3.63) is 36.4 Å². The summed E-state index contributed by atoms with van der Waals surface area (Å²) in [7, 11) is 0. The summed E-state index contributed by atoms with van der Waals surface area (Å²) in [6.45, 7) is 6.63. The summed E-state index contributed by atoms with van der Waals surface area (Å²) in [5.41, 5.74) is 0.997. The molecule has 2 aromatic carbocycles. The van der Waals surface area contributed by atoms with Crippen molar-refractivity contribution < 1.29 is 19.7 Å². The van der Waals surface area contributed by atoms with Crippen LogP contribution in [-0.2, 0) is 0 Å². The van der Waals surface area contributed by atoms with Crippen LogP contribution in [0.2, 0.25) is 0 Å². The first kappa shape index (κ1) is 17.1. The van der Waals surface area contributed by atoms with Crippen LogP contribution in [0.15, 0.2) is 36.4 Å². The quantitative estimate of drug-likeness (QED) is 0.727. The number of ether oxygens (including phenoxy) is 2. The molecule has 1 spiro atoms. The predicted octanol–water partition coefficient (Wildman–Crippen LogP) is 5.32. The highest BCUT2D eigenvalue weighted by atomic mass is 16.7. The molecule has 1 aliphatic carbocycles. The first-order valence-electron chi connectivity index (χ1n) is 9.43. The highest BCUT2D eigenvalue weighted by Crippen LogP contribution is 2.54. The Labute approximate surface area is 154 Å². The summed E-state index contributed by atoms with van der Waals surface area (Å²) in [4.78, 5) is 0. The van der Waals surface area contributed by atoms with Gasteiger partial charge in [-0.25, -0.2) is 0 Å². The molecule has 4 heteroatoms. The molecular formula is C22H26O4. The minimum absolute atomic E-state index is 0.0795. The second-order valence-electron chi connectivity index (χ2n) is 8.05. The van der Waals surface area contributed by atoms with Gasteiger partial charge in [0.05, 0.1) is 11.1 Å². The predicted molar refractivity (Wildman–Crippen MR) is 101 cm³/mol. The van der Waals surface area contributed by atoms with Gasteiger partial charge in [-0.1, -0.05) is 32.9 Å². The van der Waals surface area contributed by atoms with Crippen molar-refractivity contribution in [1.29, 1.82) is 0 Å². The number of aromatic hydroxyl groups is 2. The number of phenols is 2. The Hall–Kier alpha value is -2.36. The van der Waals surface area contributed by atoms with E-state index in [1.165, 1.54) is 0 Å². The molecule has 138 valence electrons. The average Bonchev–Trinajstić information content (AvgIpc) is 2.70. The Balaban J connectivity index is 1.96. The van der Waals surface area contributed by atoms with Crippen molar-refractivity contribution in [1.82, 2.24) is 0 Å². The maximum absolute atomic E-state index is 10.5. The van der Waals surface area contributed by atoms with Gasteiger partial charge in [-0.2, -0.15) is 0 Å². The standard InChI is InChI=1S/C22H26O4/c1-13(2)15-11-10-14(3)12-22(15)25-18-8-4-6-16(23)20(18)21-17(24)7-5-9-19(21)26-22/h4-9,13-15,23-24H,10-12H2,1-3H3/t14-,15+/m1/s1. The molecule has 0 unspecified atom stereocenters.